The van der Waals surface area contributed by atoms with Crippen LogP contribution in [0.4, 0.5) is 0 Å². The first-order valence-corrected chi connectivity index (χ1v) is 31.7. The number of hydrogen-bond donors (Lipinski definition) is 6. The predicted octanol–water partition coefficient (Wildman–Crippen LogP) is 16.2. The number of hydrogen-bond acceptors (Lipinski definition) is 8. The summed E-state index contributed by atoms with van der Waals surface area (Å²) >= 11 is 0. The molecule has 9 heteroatoms. The van der Waals surface area contributed by atoms with Crippen LogP contribution in [-0.4, -0.2) is 87.5 Å². The molecule has 1 heterocycles. The summed E-state index contributed by atoms with van der Waals surface area (Å²) in [6.07, 6.45) is 57.3. The van der Waals surface area contributed by atoms with Crippen LogP contribution < -0.4 is 5.32 Å². The van der Waals surface area contributed by atoms with E-state index in [2.05, 4.69) is 19.2 Å². The molecule has 9 nitrogen and oxygen atoms in total. The van der Waals surface area contributed by atoms with Gasteiger partial charge >= 0.3 is 0 Å². The Morgan fingerprint density at radius 3 is 1.00 bits per heavy atom. The fourth-order valence-corrected chi connectivity index (χ4v) is 10.7. The molecule has 6 N–H and O–H groups in total. The molecule has 2 unspecified atom stereocenters. The number of aliphatic hydroxyl groups excluding tert-OH is 5. The third-order valence-corrected chi connectivity index (χ3v) is 15.7. The Morgan fingerprint density at radius 2 is 0.704 bits per heavy atom. The molecule has 1 fully saturated rings. The molecule has 0 aromatic heterocycles. The minimum absolute atomic E-state index is 0.131. The van der Waals surface area contributed by atoms with E-state index >= 15 is 0 Å². The van der Waals surface area contributed by atoms with Crippen LogP contribution in [0.5, 0.6) is 0 Å². The van der Waals surface area contributed by atoms with Gasteiger partial charge < -0.3 is 40.3 Å². The highest BCUT2D eigenvalue weighted by Gasteiger charge is 2.44. The molecule has 0 spiro atoms. The Hall–Kier alpha value is -0.810. The number of nitrogens with one attached hydrogen (secondary N) is 1. The van der Waals surface area contributed by atoms with E-state index < -0.39 is 49.5 Å². The van der Waals surface area contributed by atoms with Gasteiger partial charge in [0, 0.05) is 6.42 Å². The number of amides is 1. The van der Waals surface area contributed by atoms with Gasteiger partial charge in [-0.1, -0.05) is 316 Å². The zero-order valence-electron chi connectivity index (χ0n) is 47.3. The number of aliphatic hydroxyl groups is 5. The number of carbonyl (C=O) groups excluding carboxylic acids is 1. The Bertz CT molecular complexity index is 1080. The third-order valence-electron chi connectivity index (χ3n) is 15.7. The Kier molecular flexibility index (Phi) is 50.6. The van der Waals surface area contributed by atoms with Gasteiger partial charge in [0.05, 0.1) is 25.4 Å². The van der Waals surface area contributed by atoms with Gasteiger partial charge in [-0.2, -0.15) is 0 Å². The highest BCUT2D eigenvalue weighted by Crippen LogP contribution is 2.24. The van der Waals surface area contributed by atoms with Crippen LogP contribution >= 0.6 is 0 Å². The molecule has 0 saturated carbocycles. The molecule has 424 valence electrons. The molecule has 0 aromatic rings. The summed E-state index contributed by atoms with van der Waals surface area (Å²) in [5.74, 6) is -0.135. The van der Waals surface area contributed by atoms with Crippen molar-refractivity contribution in [3.63, 3.8) is 0 Å². The van der Waals surface area contributed by atoms with Gasteiger partial charge in [-0.05, 0) is 12.8 Å². The van der Waals surface area contributed by atoms with Gasteiger partial charge in [0.2, 0.25) is 5.91 Å². The van der Waals surface area contributed by atoms with E-state index in [1.807, 2.05) is 0 Å². The number of unbranched alkanes of at least 4 members (excludes halogenated alkanes) is 46. The second-order valence-electron chi connectivity index (χ2n) is 22.6. The number of ether oxygens (including phenoxy) is 2. The lowest BCUT2D eigenvalue weighted by Crippen LogP contribution is -2.60. The first-order valence-electron chi connectivity index (χ1n) is 31.7. The molecule has 1 rings (SSSR count). The first kappa shape index (κ1) is 68.2. The van der Waals surface area contributed by atoms with Crippen molar-refractivity contribution in [2.75, 3.05) is 13.2 Å². The second-order valence-corrected chi connectivity index (χ2v) is 22.6. The zero-order valence-corrected chi connectivity index (χ0v) is 47.3. The van der Waals surface area contributed by atoms with Crippen molar-refractivity contribution in [1.82, 2.24) is 5.32 Å². The minimum Gasteiger partial charge on any atom is -0.394 e. The van der Waals surface area contributed by atoms with E-state index in [1.54, 1.807) is 0 Å². The number of carbonyl (C=O) groups is 1. The second kappa shape index (κ2) is 52.6. The average molecular weight is 1010 g/mol. The van der Waals surface area contributed by atoms with Crippen molar-refractivity contribution in [2.24, 2.45) is 0 Å². The lowest BCUT2D eigenvalue weighted by molar-refractivity contribution is -0.302. The molecular weight excluding hydrogens is 887 g/mol. The van der Waals surface area contributed by atoms with E-state index in [0.29, 0.717) is 12.8 Å². The van der Waals surface area contributed by atoms with Crippen LogP contribution in [0, 0.1) is 0 Å². The minimum atomic E-state index is -1.55. The molecule has 0 bridgehead atoms. The molecular formula is C62H123NO8. The van der Waals surface area contributed by atoms with Gasteiger partial charge in [0.1, 0.15) is 24.4 Å². The van der Waals surface area contributed by atoms with E-state index in [4.69, 9.17) is 9.47 Å². The zero-order chi connectivity index (χ0) is 51.5. The van der Waals surface area contributed by atoms with E-state index in [0.717, 1.165) is 38.5 Å². The van der Waals surface area contributed by atoms with Crippen molar-refractivity contribution in [2.45, 2.75) is 378 Å². The quantitative estimate of drug-likeness (QED) is 0.0330. The maximum Gasteiger partial charge on any atom is 0.220 e. The summed E-state index contributed by atoms with van der Waals surface area (Å²) in [4.78, 5) is 13.1. The molecule has 7 atom stereocenters. The summed E-state index contributed by atoms with van der Waals surface area (Å²) in [6, 6.07) is -0.714. The summed E-state index contributed by atoms with van der Waals surface area (Å²) in [5.41, 5.74) is 0. The SMILES string of the molecule is CCCCCCCCCCCCCCCCCCCCCCCCCCCCCCCCCC(=O)N[C@@H](CO[C@@H]1O[C@H](CO)[C@H](O)C(O)C1O)[C@H](O)CCCCCCCCCCCCCCCCCCC. The number of rotatable bonds is 56. The monoisotopic (exact) mass is 1010 g/mol. The fraction of sp³-hybridized carbons (Fsp3) is 0.984. The fourth-order valence-electron chi connectivity index (χ4n) is 10.7. The van der Waals surface area contributed by atoms with Crippen molar-refractivity contribution < 1.29 is 39.8 Å². The standard InChI is InChI=1S/C62H123NO8/c1-3-5-7-9-11-13-15-17-19-21-22-23-24-25-26-27-28-29-30-31-32-33-34-36-38-40-42-44-46-48-50-52-58(66)63-55(54-70-62-61(69)60(68)59(67)57(53-64)71-62)56(65)51-49-47-45-43-41-39-37-35-20-18-16-14-12-10-8-6-4-2/h55-57,59-62,64-65,67-69H,3-54H2,1-2H3,(H,63,66)/t55-,56+,57+,59-,60?,61?,62+/m0/s1. The first-order chi connectivity index (χ1) is 34.8. The predicted molar refractivity (Wildman–Crippen MR) is 300 cm³/mol. The van der Waals surface area contributed by atoms with Crippen LogP contribution in [0.15, 0.2) is 0 Å². The van der Waals surface area contributed by atoms with E-state index in [9.17, 15) is 30.3 Å². The van der Waals surface area contributed by atoms with Crippen LogP contribution in [0.3, 0.4) is 0 Å². The van der Waals surface area contributed by atoms with Gasteiger partial charge in [-0.25, -0.2) is 0 Å². The van der Waals surface area contributed by atoms with Gasteiger partial charge in [0.15, 0.2) is 6.29 Å². The highest BCUT2D eigenvalue weighted by molar-refractivity contribution is 5.76. The summed E-state index contributed by atoms with van der Waals surface area (Å²) < 4.78 is 11.3. The lowest BCUT2D eigenvalue weighted by Gasteiger charge is -2.40. The molecule has 0 radical (unpaired) electrons. The van der Waals surface area contributed by atoms with Crippen LogP contribution in [0.2, 0.25) is 0 Å². The van der Waals surface area contributed by atoms with Crippen LogP contribution in [0.25, 0.3) is 0 Å². The maximum atomic E-state index is 13.1. The van der Waals surface area contributed by atoms with E-state index in [1.165, 1.54) is 270 Å². The normalized spacial score (nSPS) is 19.1. The molecule has 0 aliphatic carbocycles. The van der Waals surface area contributed by atoms with Crippen LogP contribution in [0.1, 0.15) is 335 Å². The van der Waals surface area contributed by atoms with Gasteiger partial charge in [0.25, 0.3) is 0 Å². The molecule has 1 saturated heterocycles. The molecule has 1 aliphatic rings. The Labute approximate surface area is 440 Å². The van der Waals surface area contributed by atoms with Crippen molar-refractivity contribution >= 4 is 5.91 Å². The molecule has 1 amide bonds. The van der Waals surface area contributed by atoms with Crippen molar-refractivity contribution in [1.29, 1.82) is 0 Å². The largest absolute Gasteiger partial charge is 0.394 e. The smallest absolute Gasteiger partial charge is 0.220 e. The molecule has 1 aliphatic heterocycles. The van der Waals surface area contributed by atoms with Crippen molar-refractivity contribution in [3.8, 4) is 0 Å². The topological polar surface area (TPSA) is 149 Å². The van der Waals surface area contributed by atoms with Crippen molar-refractivity contribution in [3.05, 3.63) is 0 Å². The summed E-state index contributed by atoms with van der Waals surface area (Å²) in [6.45, 7) is 3.89. The van der Waals surface area contributed by atoms with Gasteiger partial charge in [-0.3, -0.25) is 4.79 Å². The Morgan fingerprint density at radius 1 is 0.423 bits per heavy atom. The lowest BCUT2D eigenvalue weighted by atomic mass is 9.99. The Balaban J connectivity index is 2.09. The highest BCUT2D eigenvalue weighted by atomic mass is 16.7. The van der Waals surface area contributed by atoms with Crippen LogP contribution in [-0.2, 0) is 14.3 Å². The average Bonchev–Trinajstić information content (AvgIpc) is 3.37. The third kappa shape index (κ3) is 42.0. The van der Waals surface area contributed by atoms with Gasteiger partial charge in [-0.15, -0.1) is 0 Å². The maximum absolute atomic E-state index is 13.1. The summed E-state index contributed by atoms with van der Waals surface area (Å²) in [5, 5.41) is 54.7. The molecule has 71 heavy (non-hydrogen) atoms. The van der Waals surface area contributed by atoms with E-state index in [-0.39, 0.29) is 12.5 Å². The molecule has 0 aromatic carbocycles. The summed E-state index contributed by atoms with van der Waals surface area (Å²) in [7, 11) is 0.